The topological polar surface area (TPSA) is 78.9 Å². The molecule has 0 saturated heterocycles. The maximum Gasteiger partial charge on any atom is 0.226 e. The molecule has 0 aliphatic heterocycles. The normalized spacial score (nSPS) is 11.4. The SMILES string of the molecule is CN(CC/C(N)=N/O)C(=O)Cc1ccsc1. The van der Waals surface area contributed by atoms with Crippen molar-refractivity contribution in [3.8, 4) is 0 Å². The third kappa shape index (κ3) is 3.90. The van der Waals surface area contributed by atoms with E-state index in [2.05, 4.69) is 5.16 Å². The minimum absolute atomic E-state index is 0.0316. The van der Waals surface area contributed by atoms with Crippen LogP contribution in [0.2, 0.25) is 0 Å². The number of oxime groups is 1. The molecule has 0 bridgehead atoms. The average molecular weight is 241 g/mol. The molecule has 0 atom stereocenters. The molecule has 0 aromatic carbocycles. The Kier molecular flexibility index (Phi) is 4.78. The minimum atomic E-state index is 0.0316. The highest BCUT2D eigenvalue weighted by molar-refractivity contribution is 7.07. The maximum absolute atomic E-state index is 11.7. The Bertz CT molecular complexity index is 362. The van der Waals surface area contributed by atoms with Crippen LogP contribution in [0.1, 0.15) is 12.0 Å². The summed E-state index contributed by atoms with van der Waals surface area (Å²) in [6, 6.07) is 1.93. The van der Waals surface area contributed by atoms with E-state index < -0.39 is 0 Å². The van der Waals surface area contributed by atoms with E-state index in [4.69, 9.17) is 10.9 Å². The highest BCUT2D eigenvalue weighted by Crippen LogP contribution is 2.07. The molecule has 0 aliphatic carbocycles. The Labute approximate surface area is 98.2 Å². The van der Waals surface area contributed by atoms with Crippen LogP contribution >= 0.6 is 11.3 Å². The molecule has 1 aromatic heterocycles. The fourth-order valence-corrected chi connectivity index (χ4v) is 1.83. The van der Waals surface area contributed by atoms with Crippen molar-refractivity contribution in [3.63, 3.8) is 0 Å². The Morgan fingerprint density at radius 1 is 1.69 bits per heavy atom. The molecule has 88 valence electrons. The number of nitrogens with two attached hydrogens (primary N) is 1. The molecule has 1 amide bonds. The molecule has 0 radical (unpaired) electrons. The van der Waals surface area contributed by atoms with E-state index in [1.54, 1.807) is 23.3 Å². The first-order valence-corrected chi connectivity index (χ1v) is 5.79. The summed E-state index contributed by atoms with van der Waals surface area (Å²) < 4.78 is 0. The van der Waals surface area contributed by atoms with Gasteiger partial charge in [-0.2, -0.15) is 11.3 Å². The summed E-state index contributed by atoms with van der Waals surface area (Å²) in [5.41, 5.74) is 6.34. The van der Waals surface area contributed by atoms with Crippen LogP contribution in [-0.4, -0.2) is 35.4 Å². The van der Waals surface area contributed by atoms with Crippen LogP contribution in [0.25, 0.3) is 0 Å². The van der Waals surface area contributed by atoms with Gasteiger partial charge < -0.3 is 15.8 Å². The number of amides is 1. The lowest BCUT2D eigenvalue weighted by Crippen LogP contribution is -2.31. The van der Waals surface area contributed by atoms with Gasteiger partial charge in [-0.3, -0.25) is 4.79 Å². The third-order valence-corrected chi connectivity index (χ3v) is 2.93. The Morgan fingerprint density at radius 3 is 3.00 bits per heavy atom. The predicted octanol–water partition coefficient (Wildman–Crippen LogP) is 0.885. The van der Waals surface area contributed by atoms with Gasteiger partial charge >= 0.3 is 0 Å². The number of carbonyl (C=O) groups is 1. The molecule has 0 unspecified atom stereocenters. The van der Waals surface area contributed by atoms with E-state index >= 15 is 0 Å². The Balaban J connectivity index is 2.36. The Morgan fingerprint density at radius 2 is 2.44 bits per heavy atom. The zero-order chi connectivity index (χ0) is 12.0. The van der Waals surface area contributed by atoms with Gasteiger partial charge in [0.2, 0.25) is 5.91 Å². The molecule has 1 rings (SSSR count). The molecule has 0 fully saturated rings. The van der Waals surface area contributed by atoms with Gasteiger partial charge in [0.05, 0.1) is 6.42 Å². The molecular formula is C10H15N3O2S. The van der Waals surface area contributed by atoms with Gasteiger partial charge in [0, 0.05) is 20.0 Å². The van der Waals surface area contributed by atoms with Crippen molar-refractivity contribution in [1.82, 2.24) is 4.90 Å². The second kappa shape index (κ2) is 6.12. The molecule has 16 heavy (non-hydrogen) atoms. The summed E-state index contributed by atoms with van der Waals surface area (Å²) in [4.78, 5) is 13.3. The number of thiophene rings is 1. The van der Waals surface area contributed by atoms with Crippen molar-refractivity contribution in [2.24, 2.45) is 10.9 Å². The summed E-state index contributed by atoms with van der Waals surface area (Å²) in [5.74, 6) is 0.166. The van der Waals surface area contributed by atoms with Crippen molar-refractivity contribution in [2.75, 3.05) is 13.6 Å². The van der Waals surface area contributed by atoms with E-state index in [9.17, 15) is 4.79 Å². The maximum atomic E-state index is 11.7. The van der Waals surface area contributed by atoms with Crippen molar-refractivity contribution >= 4 is 23.1 Å². The minimum Gasteiger partial charge on any atom is -0.409 e. The molecule has 1 aromatic rings. The highest BCUT2D eigenvalue weighted by Gasteiger charge is 2.10. The molecular weight excluding hydrogens is 226 g/mol. The number of hydrogen-bond acceptors (Lipinski definition) is 4. The number of hydrogen-bond donors (Lipinski definition) is 2. The van der Waals surface area contributed by atoms with Crippen molar-refractivity contribution < 1.29 is 10.0 Å². The summed E-state index contributed by atoms with van der Waals surface area (Å²) >= 11 is 1.57. The number of likely N-dealkylation sites (N-methyl/N-ethyl adjacent to an activating group) is 1. The molecule has 1 heterocycles. The van der Waals surface area contributed by atoms with Crippen molar-refractivity contribution in [1.29, 1.82) is 0 Å². The van der Waals surface area contributed by atoms with Crippen LogP contribution in [0.3, 0.4) is 0 Å². The smallest absolute Gasteiger partial charge is 0.226 e. The van der Waals surface area contributed by atoms with Gasteiger partial charge in [-0.1, -0.05) is 5.16 Å². The van der Waals surface area contributed by atoms with Crippen LogP contribution in [0.5, 0.6) is 0 Å². The molecule has 0 aliphatic rings. The molecule has 5 nitrogen and oxygen atoms in total. The van der Waals surface area contributed by atoms with E-state index in [1.807, 2.05) is 16.8 Å². The number of carbonyl (C=O) groups excluding carboxylic acids is 1. The first kappa shape index (κ1) is 12.5. The van der Waals surface area contributed by atoms with E-state index in [0.29, 0.717) is 19.4 Å². The summed E-state index contributed by atoms with van der Waals surface area (Å²) in [6.07, 6.45) is 0.776. The van der Waals surface area contributed by atoms with Crippen LogP contribution < -0.4 is 5.73 Å². The van der Waals surface area contributed by atoms with E-state index in [1.165, 1.54) is 0 Å². The van der Waals surface area contributed by atoms with Crippen LogP contribution in [0.15, 0.2) is 22.0 Å². The first-order valence-electron chi connectivity index (χ1n) is 4.85. The Hall–Kier alpha value is -1.56. The van der Waals surface area contributed by atoms with Gasteiger partial charge in [-0.25, -0.2) is 0 Å². The lowest BCUT2D eigenvalue weighted by atomic mass is 10.2. The largest absolute Gasteiger partial charge is 0.409 e. The van der Waals surface area contributed by atoms with Gasteiger partial charge in [-0.05, 0) is 22.4 Å². The second-order valence-corrected chi connectivity index (χ2v) is 4.25. The van der Waals surface area contributed by atoms with Crippen molar-refractivity contribution in [3.05, 3.63) is 22.4 Å². The predicted molar refractivity (Wildman–Crippen MR) is 63.7 cm³/mol. The van der Waals surface area contributed by atoms with Gasteiger partial charge in [0.25, 0.3) is 0 Å². The van der Waals surface area contributed by atoms with E-state index in [0.717, 1.165) is 5.56 Å². The van der Waals surface area contributed by atoms with Crippen LogP contribution in [0, 0.1) is 0 Å². The molecule has 0 saturated carbocycles. The standard InChI is InChI=1S/C10H15N3O2S/c1-13(4-2-9(11)12-15)10(14)6-8-3-5-16-7-8/h3,5,7,15H,2,4,6H2,1H3,(H2,11,12). The van der Waals surface area contributed by atoms with Crippen LogP contribution in [-0.2, 0) is 11.2 Å². The first-order chi connectivity index (χ1) is 7.63. The molecule has 3 N–H and O–H groups in total. The number of amidine groups is 1. The van der Waals surface area contributed by atoms with Crippen molar-refractivity contribution in [2.45, 2.75) is 12.8 Å². The highest BCUT2D eigenvalue weighted by atomic mass is 32.1. The fraction of sp³-hybridized carbons (Fsp3) is 0.400. The molecule has 6 heteroatoms. The quantitative estimate of drug-likeness (QED) is 0.348. The third-order valence-electron chi connectivity index (χ3n) is 2.19. The van der Waals surface area contributed by atoms with Gasteiger partial charge in [0.1, 0.15) is 5.84 Å². The molecule has 0 spiro atoms. The number of nitrogens with zero attached hydrogens (tertiary/aromatic N) is 2. The lowest BCUT2D eigenvalue weighted by Gasteiger charge is -2.16. The fourth-order valence-electron chi connectivity index (χ4n) is 1.16. The lowest BCUT2D eigenvalue weighted by molar-refractivity contribution is -0.129. The number of rotatable bonds is 5. The summed E-state index contributed by atoms with van der Waals surface area (Å²) in [6.45, 7) is 0.457. The summed E-state index contributed by atoms with van der Waals surface area (Å²) in [7, 11) is 1.71. The van der Waals surface area contributed by atoms with E-state index in [-0.39, 0.29) is 11.7 Å². The zero-order valence-electron chi connectivity index (χ0n) is 9.09. The zero-order valence-corrected chi connectivity index (χ0v) is 9.91. The second-order valence-electron chi connectivity index (χ2n) is 3.47. The summed E-state index contributed by atoms with van der Waals surface area (Å²) in [5, 5.41) is 15.1. The average Bonchev–Trinajstić information content (AvgIpc) is 2.77. The van der Waals surface area contributed by atoms with Gasteiger partial charge in [0.15, 0.2) is 0 Å². The van der Waals surface area contributed by atoms with Gasteiger partial charge in [-0.15, -0.1) is 0 Å². The van der Waals surface area contributed by atoms with Crippen LogP contribution in [0.4, 0.5) is 0 Å². The monoisotopic (exact) mass is 241 g/mol.